The van der Waals surface area contributed by atoms with Crippen LogP contribution in [0, 0.1) is 0 Å². The largest absolute Gasteiger partial charge is 0.463 e. The Labute approximate surface area is 170 Å². The van der Waals surface area contributed by atoms with E-state index in [9.17, 15) is 9.59 Å². The Kier molecular flexibility index (Phi) is 4.25. The van der Waals surface area contributed by atoms with Crippen LogP contribution in [0.5, 0.6) is 0 Å². The molecule has 0 fully saturated rings. The number of rotatable bonds is 4. The Morgan fingerprint density at radius 2 is 1.80 bits per heavy atom. The average molecular weight is 396 g/mol. The highest BCUT2D eigenvalue weighted by Gasteiger charge is 2.13. The van der Waals surface area contributed by atoms with Crippen LogP contribution in [-0.2, 0) is 0 Å². The third-order valence-electron chi connectivity index (χ3n) is 4.80. The van der Waals surface area contributed by atoms with E-state index in [4.69, 9.17) is 4.42 Å². The predicted octanol–water partition coefficient (Wildman–Crippen LogP) is 4.23. The van der Waals surface area contributed by atoms with Gasteiger partial charge in [0.15, 0.2) is 0 Å². The lowest BCUT2D eigenvalue weighted by Crippen LogP contribution is -2.23. The van der Waals surface area contributed by atoms with Gasteiger partial charge in [-0.3, -0.25) is 14.2 Å². The molecule has 0 saturated carbocycles. The number of benzene rings is 2. The van der Waals surface area contributed by atoms with Gasteiger partial charge in [0.05, 0.1) is 23.0 Å². The number of amides is 1. The van der Waals surface area contributed by atoms with E-state index in [2.05, 4.69) is 15.3 Å². The molecule has 0 atom stereocenters. The zero-order chi connectivity index (χ0) is 20.5. The van der Waals surface area contributed by atoms with Crippen LogP contribution < -0.4 is 10.9 Å². The van der Waals surface area contributed by atoms with E-state index < -0.39 is 11.5 Å². The summed E-state index contributed by atoms with van der Waals surface area (Å²) < 4.78 is 7.23. The van der Waals surface area contributed by atoms with Crippen molar-refractivity contribution in [2.24, 2.45) is 0 Å². The van der Waals surface area contributed by atoms with Crippen LogP contribution in [0.2, 0.25) is 0 Å². The van der Waals surface area contributed by atoms with Crippen molar-refractivity contribution in [1.82, 2.24) is 14.5 Å². The van der Waals surface area contributed by atoms with Crippen LogP contribution >= 0.6 is 0 Å². The number of nitrogens with one attached hydrogen (secondary N) is 2. The molecule has 7 heteroatoms. The molecule has 1 amide bonds. The zero-order valence-corrected chi connectivity index (χ0v) is 15.7. The van der Waals surface area contributed by atoms with E-state index >= 15 is 0 Å². The molecule has 5 aromatic rings. The Morgan fingerprint density at radius 3 is 2.57 bits per heavy atom. The van der Waals surface area contributed by atoms with Crippen molar-refractivity contribution in [1.29, 1.82) is 0 Å². The molecule has 146 valence electrons. The number of nitrogens with zero attached hydrogens (tertiary/aromatic N) is 2. The Morgan fingerprint density at radius 1 is 0.967 bits per heavy atom. The first-order valence-corrected chi connectivity index (χ1v) is 9.30. The van der Waals surface area contributed by atoms with Crippen LogP contribution in [-0.4, -0.2) is 20.4 Å². The maximum Gasteiger partial charge on any atom is 0.261 e. The number of pyridine rings is 1. The lowest BCUT2D eigenvalue weighted by molar-refractivity contribution is 0.102. The smallest absolute Gasteiger partial charge is 0.261 e. The summed E-state index contributed by atoms with van der Waals surface area (Å²) in [6, 6.07) is 21.8. The lowest BCUT2D eigenvalue weighted by Gasteiger charge is -2.08. The number of carbonyl (C=O) groups excluding carboxylic acids is 1. The number of aromatic amines is 1. The molecule has 0 unspecified atom stereocenters. The topological polar surface area (TPSA) is 92.9 Å². The van der Waals surface area contributed by atoms with Gasteiger partial charge in [0.1, 0.15) is 17.7 Å². The van der Waals surface area contributed by atoms with Gasteiger partial charge in [0, 0.05) is 11.4 Å². The van der Waals surface area contributed by atoms with Crippen molar-refractivity contribution in [2.45, 2.75) is 0 Å². The van der Waals surface area contributed by atoms with E-state index in [1.165, 1.54) is 12.3 Å². The summed E-state index contributed by atoms with van der Waals surface area (Å²) in [4.78, 5) is 31.9. The highest BCUT2D eigenvalue weighted by atomic mass is 16.3. The highest BCUT2D eigenvalue weighted by Crippen LogP contribution is 2.20. The van der Waals surface area contributed by atoms with Gasteiger partial charge in [-0.25, -0.2) is 4.98 Å². The van der Waals surface area contributed by atoms with Crippen LogP contribution in [0.25, 0.3) is 28.2 Å². The van der Waals surface area contributed by atoms with Gasteiger partial charge in [-0.1, -0.05) is 12.1 Å². The maximum atomic E-state index is 12.6. The van der Waals surface area contributed by atoms with Crippen LogP contribution in [0.1, 0.15) is 10.4 Å². The molecule has 3 heterocycles. The number of carbonyl (C=O) groups is 1. The molecule has 0 aliphatic rings. The van der Waals surface area contributed by atoms with Crippen LogP contribution in [0.3, 0.4) is 0 Å². The summed E-state index contributed by atoms with van der Waals surface area (Å²) in [6.45, 7) is 0. The molecule has 0 bridgehead atoms. The number of imidazole rings is 1. The molecule has 2 N–H and O–H groups in total. The molecule has 3 aromatic heterocycles. The summed E-state index contributed by atoms with van der Waals surface area (Å²) in [6.07, 6.45) is 3.28. The van der Waals surface area contributed by atoms with Crippen LogP contribution in [0.15, 0.2) is 94.6 Å². The lowest BCUT2D eigenvalue weighted by atomic mass is 10.2. The molecule has 5 rings (SSSR count). The molecule has 2 aromatic carbocycles. The van der Waals surface area contributed by atoms with Crippen molar-refractivity contribution in [3.8, 4) is 17.1 Å². The summed E-state index contributed by atoms with van der Waals surface area (Å²) in [5.74, 6) is 0.0461. The number of anilines is 1. The highest BCUT2D eigenvalue weighted by molar-refractivity contribution is 6.04. The van der Waals surface area contributed by atoms with Gasteiger partial charge < -0.3 is 14.7 Å². The molecule has 30 heavy (non-hydrogen) atoms. The zero-order valence-electron chi connectivity index (χ0n) is 15.7. The number of aromatic nitrogens is 3. The summed E-state index contributed by atoms with van der Waals surface area (Å²) in [5.41, 5.74) is 3.46. The first-order chi connectivity index (χ1) is 14.7. The SMILES string of the molecule is O=C(Nc1ccc(-n2cnc3ccccc32)cc1)c1ccc(-c2ccco2)[nH]c1=O. The number of furan rings is 1. The average Bonchev–Trinajstić information content (AvgIpc) is 3.44. The fourth-order valence-corrected chi connectivity index (χ4v) is 3.30. The molecule has 0 aliphatic heterocycles. The molecular formula is C23H16N4O3. The Bertz CT molecular complexity index is 1400. The number of hydrogen-bond donors (Lipinski definition) is 2. The van der Waals surface area contributed by atoms with Crippen molar-refractivity contribution in [3.63, 3.8) is 0 Å². The summed E-state index contributed by atoms with van der Waals surface area (Å²) in [5, 5.41) is 2.76. The fourth-order valence-electron chi connectivity index (χ4n) is 3.30. The minimum atomic E-state index is -0.483. The second kappa shape index (κ2) is 7.21. The first kappa shape index (κ1) is 17.7. The minimum Gasteiger partial charge on any atom is -0.463 e. The van der Waals surface area contributed by atoms with Gasteiger partial charge in [0.25, 0.3) is 11.5 Å². The Hall–Kier alpha value is -4.39. The predicted molar refractivity (Wildman–Crippen MR) is 114 cm³/mol. The van der Waals surface area contributed by atoms with E-state index in [1.54, 1.807) is 36.7 Å². The van der Waals surface area contributed by atoms with Crippen molar-refractivity contribution in [3.05, 3.63) is 101 Å². The van der Waals surface area contributed by atoms with Crippen LogP contribution in [0.4, 0.5) is 5.69 Å². The van der Waals surface area contributed by atoms with Crippen molar-refractivity contribution >= 4 is 22.6 Å². The van der Waals surface area contributed by atoms with E-state index in [0.29, 0.717) is 17.1 Å². The summed E-state index contributed by atoms with van der Waals surface area (Å²) in [7, 11) is 0. The summed E-state index contributed by atoms with van der Waals surface area (Å²) >= 11 is 0. The number of hydrogen-bond acceptors (Lipinski definition) is 4. The van der Waals surface area contributed by atoms with Gasteiger partial charge in [-0.2, -0.15) is 0 Å². The first-order valence-electron chi connectivity index (χ1n) is 9.30. The number of para-hydroxylation sites is 2. The second-order valence-corrected chi connectivity index (χ2v) is 6.70. The molecule has 0 saturated heterocycles. The molecule has 7 nitrogen and oxygen atoms in total. The standard InChI is InChI=1S/C23H16N4O3/c28-22(17-11-12-19(26-23(17)29)21-6-3-13-30-21)25-15-7-9-16(10-8-15)27-14-24-18-4-1-2-5-20(18)27/h1-14H,(H,25,28)(H,26,29). The van der Waals surface area contributed by atoms with Gasteiger partial charge in [0.2, 0.25) is 0 Å². The maximum absolute atomic E-state index is 12.6. The van der Waals surface area contributed by atoms with E-state index in [1.807, 2.05) is 41.0 Å². The quantitative estimate of drug-likeness (QED) is 0.476. The van der Waals surface area contributed by atoms with Crippen molar-refractivity contribution in [2.75, 3.05) is 5.32 Å². The second-order valence-electron chi connectivity index (χ2n) is 6.70. The molecule has 0 aliphatic carbocycles. The molecular weight excluding hydrogens is 380 g/mol. The van der Waals surface area contributed by atoms with E-state index in [0.717, 1.165) is 16.7 Å². The Balaban J connectivity index is 1.36. The fraction of sp³-hybridized carbons (Fsp3) is 0. The third kappa shape index (κ3) is 3.18. The van der Waals surface area contributed by atoms with E-state index in [-0.39, 0.29) is 5.56 Å². The third-order valence-corrected chi connectivity index (χ3v) is 4.80. The normalized spacial score (nSPS) is 10.9. The van der Waals surface area contributed by atoms with Gasteiger partial charge >= 0.3 is 0 Å². The van der Waals surface area contributed by atoms with Gasteiger partial charge in [-0.15, -0.1) is 0 Å². The van der Waals surface area contributed by atoms with Gasteiger partial charge in [-0.05, 0) is 60.7 Å². The number of fused-ring (bicyclic) bond motifs is 1. The molecule has 0 spiro atoms. The monoisotopic (exact) mass is 396 g/mol. The number of H-pyrrole nitrogens is 1. The van der Waals surface area contributed by atoms with Crippen molar-refractivity contribution < 1.29 is 9.21 Å². The molecule has 0 radical (unpaired) electrons. The minimum absolute atomic E-state index is 0.0231.